The number of hydrogen-bond donors (Lipinski definition) is 2. The Bertz CT molecular complexity index is 432. The minimum Gasteiger partial charge on any atom is -0.407 e. The maximum Gasteiger partial charge on any atom is 0.315 e. The van der Waals surface area contributed by atoms with Gasteiger partial charge in [0, 0.05) is 32.1 Å². The fraction of sp³-hybridized carbons (Fsp3) is 0.750. The lowest BCUT2D eigenvalue weighted by Crippen LogP contribution is -2.43. The maximum absolute atomic E-state index is 11.4. The van der Waals surface area contributed by atoms with E-state index in [1.807, 2.05) is 7.05 Å². The summed E-state index contributed by atoms with van der Waals surface area (Å²) in [5.74, 6) is 0.752. The molecule has 2 heterocycles. The zero-order valence-electron chi connectivity index (χ0n) is 11.6. The molecule has 2 N–H and O–H groups in total. The van der Waals surface area contributed by atoms with Gasteiger partial charge in [-0.05, 0) is 6.42 Å². The van der Waals surface area contributed by atoms with E-state index in [2.05, 4.69) is 34.7 Å². The Kier molecular flexibility index (Phi) is 4.36. The topological polar surface area (TPSA) is 83.3 Å². The van der Waals surface area contributed by atoms with Crippen molar-refractivity contribution >= 4 is 11.9 Å². The smallest absolute Gasteiger partial charge is 0.315 e. The molecule has 1 atom stereocenters. The third-order valence-corrected chi connectivity index (χ3v) is 3.08. The Hall–Kier alpha value is -1.63. The lowest BCUT2D eigenvalue weighted by atomic mass is 10.1. The first kappa shape index (κ1) is 13.8. The molecule has 1 aromatic rings. The molecule has 1 aliphatic heterocycles. The van der Waals surface area contributed by atoms with Gasteiger partial charge >= 0.3 is 6.01 Å². The van der Waals surface area contributed by atoms with Crippen molar-refractivity contribution in [2.45, 2.75) is 45.3 Å². The van der Waals surface area contributed by atoms with Gasteiger partial charge in [0.25, 0.3) is 0 Å². The molecular formula is C12H21N5O2. The number of carbonyl (C=O) groups is 1. The number of piperidine rings is 1. The zero-order chi connectivity index (χ0) is 13.8. The van der Waals surface area contributed by atoms with E-state index < -0.39 is 0 Å². The van der Waals surface area contributed by atoms with E-state index in [1.54, 1.807) is 4.90 Å². The van der Waals surface area contributed by atoms with Gasteiger partial charge in [-0.3, -0.25) is 4.79 Å². The van der Waals surface area contributed by atoms with Gasteiger partial charge in [-0.15, -0.1) is 5.10 Å². The highest BCUT2D eigenvalue weighted by molar-refractivity contribution is 5.76. The van der Waals surface area contributed by atoms with Crippen molar-refractivity contribution in [3.8, 4) is 0 Å². The normalized spacial score (nSPS) is 20.1. The average Bonchev–Trinajstić information content (AvgIpc) is 2.79. The number of hydrogen-bond acceptors (Lipinski definition) is 6. The minimum absolute atomic E-state index is 0.175. The van der Waals surface area contributed by atoms with Crippen molar-refractivity contribution in [1.29, 1.82) is 0 Å². The summed E-state index contributed by atoms with van der Waals surface area (Å²) in [5, 5.41) is 14.3. The van der Waals surface area contributed by atoms with Gasteiger partial charge in [-0.2, -0.15) is 0 Å². The van der Waals surface area contributed by atoms with Gasteiger partial charge in [-0.25, -0.2) is 0 Å². The molecule has 1 saturated heterocycles. The van der Waals surface area contributed by atoms with Crippen molar-refractivity contribution in [2.24, 2.45) is 0 Å². The molecule has 7 heteroatoms. The standard InChI is InChI=1S/C12H21N5O2/c1-8(2)13-6-10-15-16-12(19-10)14-9-4-5-11(18)17(3)7-9/h8-9,13H,4-7H2,1-3H3,(H,14,16). The number of aromatic nitrogens is 2. The van der Waals surface area contributed by atoms with Crippen molar-refractivity contribution in [2.75, 3.05) is 18.9 Å². The highest BCUT2D eigenvalue weighted by atomic mass is 16.4. The number of anilines is 1. The zero-order valence-corrected chi connectivity index (χ0v) is 11.6. The average molecular weight is 267 g/mol. The number of amides is 1. The largest absolute Gasteiger partial charge is 0.407 e. The van der Waals surface area contributed by atoms with Gasteiger partial charge in [0.1, 0.15) is 0 Å². The first-order valence-electron chi connectivity index (χ1n) is 6.61. The second-order valence-corrected chi connectivity index (χ2v) is 5.19. The van der Waals surface area contributed by atoms with Crippen LogP contribution in [-0.2, 0) is 11.3 Å². The number of carbonyl (C=O) groups excluding carboxylic acids is 1. The summed E-state index contributed by atoms with van der Waals surface area (Å²) in [4.78, 5) is 13.1. The second kappa shape index (κ2) is 6.01. The Morgan fingerprint density at radius 2 is 2.26 bits per heavy atom. The Balaban J connectivity index is 1.84. The number of rotatable bonds is 5. The van der Waals surface area contributed by atoms with E-state index in [4.69, 9.17) is 4.42 Å². The van der Waals surface area contributed by atoms with Gasteiger partial charge in [0.15, 0.2) is 0 Å². The minimum atomic E-state index is 0.175. The molecule has 1 unspecified atom stereocenters. The fourth-order valence-corrected chi connectivity index (χ4v) is 1.98. The lowest BCUT2D eigenvalue weighted by molar-refractivity contribution is -0.132. The van der Waals surface area contributed by atoms with Crippen LogP contribution < -0.4 is 10.6 Å². The van der Waals surface area contributed by atoms with Crippen LogP contribution in [0.25, 0.3) is 0 Å². The Morgan fingerprint density at radius 1 is 1.47 bits per heavy atom. The molecule has 0 spiro atoms. The molecule has 106 valence electrons. The molecule has 0 aliphatic carbocycles. The van der Waals surface area contributed by atoms with Crippen LogP contribution in [-0.4, -0.2) is 46.7 Å². The van der Waals surface area contributed by atoms with Crippen LogP contribution in [0.1, 0.15) is 32.6 Å². The number of likely N-dealkylation sites (tertiary alicyclic amines) is 1. The van der Waals surface area contributed by atoms with Crippen LogP contribution in [0.2, 0.25) is 0 Å². The highest BCUT2D eigenvalue weighted by Gasteiger charge is 2.23. The molecule has 0 saturated carbocycles. The van der Waals surface area contributed by atoms with E-state index in [9.17, 15) is 4.79 Å². The van der Waals surface area contributed by atoms with E-state index in [1.165, 1.54) is 0 Å². The van der Waals surface area contributed by atoms with Crippen LogP contribution in [0.3, 0.4) is 0 Å². The molecular weight excluding hydrogens is 246 g/mol. The molecule has 1 fully saturated rings. The number of likely N-dealkylation sites (N-methyl/N-ethyl adjacent to an activating group) is 1. The Labute approximate surface area is 112 Å². The van der Waals surface area contributed by atoms with E-state index in [0.29, 0.717) is 37.5 Å². The highest BCUT2D eigenvalue weighted by Crippen LogP contribution is 2.15. The molecule has 2 rings (SSSR count). The van der Waals surface area contributed by atoms with Gasteiger partial charge in [0.2, 0.25) is 11.8 Å². The third kappa shape index (κ3) is 3.92. The van der Waals surface area contributed by atoms with Crippen LogP contribution in [0, 0.1) is 0 Å². The van der Waals surface area contributed by atoms with Crippen LogP contribution >= 0.6 is 0 Å². The van der Waals surface area contributed by atoms with Crippen LogP contribution in [0.4, 0.5) is 6.01 Å². The quantitative estimate of drug-likeness (QED) is 0.813. The monoisotopic (exact) mass is 267 g/mol. The summed E-state index contributed by atoms with van der Waals surface area (Å²) in [7, 11) is 1.81. The summed E-state index contributed by atoms with van der Waals surface area (Å²) >= 11 is 0. The van der Waals surface area contributed by atoms with E-state index in [-0.39, 0.29) is 11.9 Å². The Morgan fingerprint density at radius 3 is 2.95 bits per heavy atom. The summed E-state index contributed by atoms with van der Waals surface area (Å²) in [5.41, 5.74) is 0. The third-order valence-electron chi connectivity index (χ3n) is 3.08. The molecule has 1 amide bonds. The van der Waals surface area contributed by atoms with Crippen molar-refractivity contribution < 1.29 is 9.21 Å². The van der Waals surface area contributed by atoms with Crippen molar-refractivity contribution in [3.05, 3.63) is 5.89 Å². The van der Waals surface area contributed by atoms with E-state index >= 15 is 0 Å². The maximum atomic E-state index is 11.4. The predicted octanol–water partition coefficient (Wildman–Crippen LogP) is 0.600. The van der Waals surface area contributed by atoms with Gasteiger partial charge < -0.3 is 20.0 Å². The molecule has 0 bridgehead atoms. The summed E-state index contributed by atoms with van der Waals surface area (Å²) < 4.78 is 5.50. The molecule has 0 radical (unpaired) electrons. The summed E-state index contributed by atoms with van der Waals surface area (Å²) in [6.45, 7) is 5.35. The molecule has 0 aromatic carbocycles. The van der Waals surface area contributed by atoms with Gasteiger partial charge in [-0.1, -0.05) is 18.9 Å². The van der Waals surface area contributed by atoms with Crippen molar-refractivity contribution in [3.63, 3.8) is 0 Å². The fourth-order valence-electron chi connectivity index (χ4n) is 1.98. The van der Waals surface area contributed by atoms with E-state index in [0.717, 1.165) is 6.42 Å². The predicted molar refractivity (Wildman–Crippen MR) is 70.6 cm³/mol. The van der Waals surface area contributed by atoms with Crippen LogP contribution in [0.15, 0.2) is 4.42 Å². The summed E-state index contributed by atoms with van der Waals surface area (Å²) in [6, 6.07) is 0.976. The first-order chi connectivity index (χ1) is 9.04. The van der Waals surface area contributed by atoms with Crippen molar-refractivity contribution in [1.82, 2.24) is 20.4 Å². The van der Waals surface area contributed by atoms with Gasteiger partial charge in [0.05, 0.1) is 6.54 Å². The molecule has 19 heavy (non-hydrogen) atoms. The first-order valence-corrected chi connectivity index (χ1v) is 6.61. The number of nitrogens with one attached hydrogen (secondary N) is 2. The summed E-state index contributed by atoms with van der Waals surface area (Å²) in [6.07, 6.45) is 1.36. The molecule has 1 aliphatic rings. The SMILES string of the molecule is CC(C)NCc1nnc(NC2CCC(=O)N(C)C2)o1. The second-order valence-electron chi connectivity index (χ2n) is 5.19. The van der Waals surface area contributed by atoms with Crippen LogP contribution in [0.5, 0.6) is 0 Å². The molecule has 1 aromatic heterocycles. The lowest BCUT2D eigenvalue weighted by Gasteiger charge is -2.29. The number of nitrogens with zero attached hydrogens (tertiary/aromatic N) is 3. The molecule has 7 nitrogen and oxygen atoms in total.